The average Bonchev–Trinajstić information content (AvgIpc) is 3.05. The Morgan fingerprint density at radius 2 is 1.96 bits per heavy atom. The Hall–Kier alpha value is -2.93. The summed E-state index contributed by atoms with van der Waals surface area (Å²) >= 11 is 1.28. The lowest BCUT2D eigenvalue weighted by atomic mass is 9.98. The van der Waals surface area contributed by atoms with E-state index in [1.165, 1.54) is 11.8 Å². The van der Waals surface area contributed by atoms with Gasteiger partial charge < -0.3 is 10.3 Å². The molecule has 1 amide bonds. The minimum atomic E-state index is -0.0819. The number of aryl methyl sites for hydroxylation is 1. The molecule has 2 N–H and O–H groups in total. The first-order valence-corrected chi connectivity index (χ1v) is 10.1. The zero-order chi connectivity index (χ0) is 19.7. The number of benzene rings is 2. The fraction of sp³-hybridized carbons (Fsp3) is 0.238. The number of hydrogen-bond acceptors (Lipinski definition) is 5. The second-order valence-corrected chi connectivity index (χ2v) is 7.94. The number of para-hydroxylation sites is 2. The standard InChI is InChI=1S/C21H21N5OS/c1-12(2)14-9-6-7-13(3)18(14)23-17(27)11-28-21-24-20-19(25-26-21)15-8-4-5-10-16(15)22-20/h4-10,12H,11H2,1-3H3,(H,23,27)(H,22,24,26). The van der Waals surface area contributed by atoms with E-state index in [9.17, 15) is 4.79 Å². The average molecular weight is 392 g/mol. The number of carbonyl (C=O) groups excluding carboxylic acids is 1. The lowest BCUT2D eigenvalue weighted by Gasteiger charge is -2.16. The molecule has 2 aromatic carbocycles. The monoisotopic (exact) mass is 391 g/mol. The number of nitrogens with one attached hydrogen (secondary N) is 2. The van der Waals surface area contributed by atoms with E-state index < -0.39 is 0 Å². The Morgan fingerprint density at radius 1 is 1.14 bits per heavy atom. The summed E-state index contributed by atoms with van der Waals surface area (Å²) in [4.78, 5) is 20.3. The molecule has 28 heavy (non-hydrogen) atoms. The van der Waals surface area contributed by atoms with Gasteiger partial charge in [0.25, 0.3) is 0 Å². The number of rotatable bonds is 5. The van der Waals surface area contributed by atoms with Crippen molar-refractivity contribution in [3.05, 3.63) is 53.6 Å². The topological polar surface area (TPSA) is 83.6 Å². The first kappa shape index (κ1) is 18.4. The normalized spacial score (nSPS) is 11.4. The van der Waals surface area contributed by atoms with Gasteiger partial charge in [0.2, 0.25) is 11.1 Å². The number of hydrogen-bond donors (Lipinski definition) is 2. The Kier molecular flexibility index (Phi) is 5.00. The van der Waals surface area contributed by atoms with Gasteiger partial charge in [0.1, 0.15) is 5.52 Å². The molecule has 0 bridgehead atoms. The molecule has 0 unspecified atom stereocenters. The maximum absolute atomic E-state index is 12.5. The Bertz CT molecular complexity index is 1170. The highest BCUT2D eigenvalue weighted by molar-refractivity contribution is 7.99. The van der Waals surface area contributed by atoms with E-state index in [-0.39, 0.29) is 11.7 Å². The maximum atomic E-state index is 12.5. The fourth-order valence-electron chi connectivity index (χ4n) is 3.21. The molecule has 6 nitrogen and oxygen atoms in total. The van der Waals surface area contributed by atoms with Crippen LogP contribution < -0.4 is 5.32 Å². The molecule has 0 saturated carbocycles. The zero-order valence-electron chi connectivity index (χ0n) is 16.0. The molecule has 4 rings (SSSR count). The van der Waals surface area contributed by atoms with Crippen LogP contribution in [0.25, 0.3) is 22.1 Å². The molecule has 0 atom stereocenters. The Morgan fingerprint density at radius 3 is 2.79 bits per heavy atom. The number of H-pyrrole nitrogens is 1. The van der Waals surface area contributed by atoms with Crippen molar-refractivity contribution in [1.82, 2.24) is 20.2 Å². The molecule has 142 valence electrons. The molecule has 0 fully saturated rings. The van der Waals surface area contributed by atoms with Crippen LogP contribution in [0, 0.1) is 6.92 Å². The largest absolute Gasteiger partial charge is 0.338 e. The number of aromatic nitrogens is 4. The number of nitrogens with zero attached hydrogens (tertiary/aromatic N) is 3. The third-order valence-corrected chi connectivity index (χ3v) is 5.46. The van der Waals surface area contributed by atoms with Gasteiger partial charge in [0.05, 0.1) is 5.75 Å². The van der Waals surface area contributed by atoms with Crippen LogP contribution in [0.4, 0.5) is 5.69 Å². The second-order valence-electron chi connectivity index (χ2n) is 6.99. The molecule has 0 aliphatic carbocycles. The van der Waals surface area contributed by atoms with E-state index in [1.54, 1.807) is 0 Å². The predicted octanol–water partition coefficient (Wildman–Crippen LogP) is 4.67. The molecule has 2 heterocycles. The number of aromatic amines is 1. The van der Waals surface area contributed by atoms with Crippen molar-refractivity contribution in [3.8, 4) is 0 Å². The molecule has 7 heteroatoms. The number of anilines is 1. The first-order valence-electron chi connectivity index (χ1n) is 9.16. The third kappa shape index (κ3) is 3.57. The number of fused-ring (bicyclic) bond motifs is 3. The van der Waals surface area contributed by atoms with Gasteiger partial charge in [-0.1, -0.05) is 62.0 Å². The number of amides is 1. The molecule has 0 spiro atoms. The highest BCUT2D eigenvalue weighted by Crippen LogP contribution is 2.28. The molecule has 2 aromatic heterocycles. The van der Waals surface area contributed by atoms with Crippen molar-refractivity contribution >= 4 is 45.4 Å². The third-order valence-electron chi connectivity index (χ3n) is 4.63. The molecule has 4 aromatic rings. The first-order chi connectivity index (χ1) is 13.5. The van der Waals surface area contributed by atoms with Gasteiger partial charge >= 0.3 is 0 Å². The van der Waals surface area contributed by atoms with Gasteiger partial charge in [0, 0.05) is 16.6 Å². The van der Waals surface area contributed by atoms with Crippen LogP contribution in [-0.2, 0) is 4.79 Å². The maximum Gasteiger partial charge on any atom is 0.234 e. The summed E-state index contributed by atoms with van der Waals surface area (Å²) < 4.78 is 0. The zero-order valence-corrected chi connectivity index (χ0v) is 16.8. The summed E-state index contributed by atoms with van der Waals surface area (Å²) in [5.41, 5.74) is 5.48. The molecule has 0 radical (unpaired) electrons. The quantitative estimate of drug-likeness (QED) is 0.483. The van der Waals surface area contributed by atoms with Gasteiger partial charge in [-0.25, -0.2) is 4.98 Å². The van der Waals surface area contributed by atoms with Crippen LogP contribution in [0.1, 0.15) is 30.9 Å². The van der Waals surface area contributed by atoms with E-state index >= 15 is 0 Å². The highest BCUT2D eigenvalue weighted by atomic mass is 32.2. The summed E-state index contributed by atoms with van der Waals surface area (Å²) in [5, 5.41) is 13.0. The smallest absolute Gasteiger partial charge is 0.234 e. The van der Waals surface area contributed by atoms with Crippen LogP contribution in [0.3, 0.4) is 0 Å². The van der Waals surface area contributed by atoms with E-state index in [2.05, 4.69) is 45.4 Å². The molecular weight excluding hydrogens is 370 g/mol. The van der Waals surface area contributed by atoms with Gasteiger partial charge in [-0.3, -0.25) is 4.79 Å². The summed E-state index contributed by atoms with van der Waals surface area (Å²) in [7, 11) is 0. The van der Waals surface area contributed by atoms with Gasteiger partial charge in [-0.15, -0.1) is 10.2 Å². The summed E-state index contributed by atoms with van der Waals surface area (Å²) in [5.74, 6) is 0.473. The van der Waals surface area contributed by atoms with Crippen molar-refractivity contribution in [3.63, 3.8) is 0 Å². The molecule has 0 aliphatic rings. The fourth-order valence-corrected chi connectivity index (χ4v) is 3.80. The second kappa shape index (κ2) is 7.59. The lowest BCUT2D eigenvalue weighted by Crippen LogP contribution is -2.17. The number of thioether (sulfide) groups is 1. The summed E-state index contributed by atoms with van der Waals surface area (Å²) in [6, 6.07) is 14.0. The van der Waals surface area contributed by atoms with E-state index in [1.807, 2.05) is 43.3 Å². The Labute approximate surface area is 167 Å². The SMILES string of the molecule is Cc1cccc(C(C)C)c1NC(=O)CSc1nnc2c(n1)[nH]c1ccccc12. The summed E-state index contributed by atoms with van der Waals surface area (Å²) in [6.45, 7) is 6.24. The van der Waals surface area contributed by atoms with E-state index in [4.69, 9.17) is 0 Å². The lowest BCUT2D eigenvalue weighted by molar-refractivity contribution is -0.113. The molecule has 0 saturated heterocycles. The van der Waals surface area contributed by atoms with Crippen LogP contribution in [0.2, 0.25) is 0 Å². The van der Waals surface area contributed by atoms with E-state index in [0.717, 1.165) is 33.2 Å². The van der Waals surface area contributed by atoms with Crippen molar-refractivity contribution in [2.75, 3.05) is 11.1 Å². The van der Waals surface area contributed by atoms with Crippen molar-refractivity contribution in [2.24, 2.45) is 0 Å². The van der Waals surface area contributed by atoms with Crippen LogP contribution in [-0.4, -0.2) is 31.8 Å². The van der Waals surface area contributed by atoms with E-state index in [0.29, 0.717) is 16.7 Å². The Balaban J connectivity index is 1.49. The molecule has 0 aliphatic heterocycles. The van der Waals surface area contributed by atoms with Crippen LogP contribution >= 0.6 is 11.8 Å². The highest BCUT2D eigenvalue weighted by Gasteiger charge is 2.14. The summed E-state index contributed by atoms with van der Waals surface area (Å²) in [6.07, 6.45) is 0. The van der Waals surface area contributed by atoms with Gasteiger partial charge in [-0.05, 0) is 30.0 Å². The number of carbonyl (C=O) groups is 1. The van der Waals surface area contributed by atoms with Crippen molar-refractivity contribution in [1.29, 1.82) is 0 Å². The predicted molar refractivity (Wildman–Crippen MR) is 114 cm³/mol. The van der Waals surface area contributed by atoms with Crippen molar-refractivity contribution in [2.45, 2.75) is 31.8 Å². The van der Waals surface area contributed by atoms with Gasteiger partial charge in [0.15, 0.2) is 5.65 Å². The minimum Gasteiger partial charge on any atom is -0.338 e. The van der Waals surface area contributed by atoms with Crippen LogP contribution in [0.15, 0.2) is 47.6 Å². The van der Waals surface area contributed by atoms with Gasteiger partial charge in [-0.2, -0.15) is 0 Å². The molecular formula is C21H21N5OS. The van der Waals surface area contributed by atoms with Crippen LogP contribution in [0.5, 0.6) is 0 Å². The van der Waals surface area contributed by atoms with Crippen molar-refractivity contribution < 1.29 is 4.79 Å². The minimum absolute atomic E-state index is 0.0819.